The van der Waals surface area contributed by atoms with E-state index in [0.717, 1.165) is 54.0 Å². The monoisotopic (exact) mass is 454 g/mol. The van der Waals surface area contributed by atoms with Crippen LogP contribution >= 0.6 is 0 Å². The number of aromatic nitrogens is 3. The molecule has 0 radical (unpaired) electrons. The van der Waals surface area contributed by atoms with Crippen molar-refractivity contribution in [3.05, 3.63) is 103 Å². The molecule has 34 heavy (non-hydrogen) atoms. The Morgan fingerprint density at radius 2 is 1.91 bits per heavy atom. The molecule has 2 heterocycles. The van der Waals surface area contributed by atoms with Crippen LogP contribution in [-0.2, 0) is 19.5 Å². The molecule has 1 amide bonds. The van der Waals surface area contributed by atoms with Crippen LogP contribution in [0.3, 0.4) is 0 Å². The van der Waals surface area contributed by atoms with Crippen molar-refractivity contribution in [2.45, 2.75) is 32.4 Å². The van der Waals surface area contributed by atoms with Crippen LogP contribution < -0.4 is 4.74 Å². The van der Waals surface area contributed by atoms with Crippen molar-refractivity contribution in [3.8, 4) is 5.75 Å². The van der Waals surface area contributed by atoms with Crippen LogP contribution in [0.5, 0.6) is 5.75 Å². The van der Waals surface area contributed by atoms with E-state index in [4.69, 9.17) is 9.72 Å². The smallest absolute Gasteiger partial charge is 0.255 e. The van der Waals surface area contributed by atoms with Crippen molar-refractivity contribution >= 4 is 16.9 Å². The quantitative estimate of drug-likeness (QED) is 0.228. The van der Waals surface area contributed by atoms with E-state index in [0.29, 0.717) is 18.7 Å². The van der Waals surface area contributed by atoms with Crippen molar-refractivity contribution in [3.63, 3.8) is 0 Å². The zero-order valence-electron chi connectivity index (χ0n) is 19.6. The highest BCUT2D eigenvalue weighted by atomic mass is 16.5. The average molecular weight is 455 g/mol. The molecule has 0 spiro atoms. The van der Waals surface area contributed by atoms with Gasteiger partial charge in [0.15, 0.2) is 0 Å². The second-order valence-corrected chi connectivity index (χ2v) is 8.23. The molecular weight excluding hydrogens is 424 g/mol. The lowest BCUT2D eigenvalue weighted by Gasteiger charge is -2.18. The number of fused-ring (bicyclic) bond motifs is 1. The van der Waals surface area contributed by atoms with Crippen molar-refractivity contribution in [2.75, 3.05) is 13.7 Å². The first kappa shape index (κ1) is 23.2. The maximum atomic E-state index is 12.8. The van der Waals surface area contributed by atoms with E-state index >= 15 is 0 Å². The van der Waals surface area contributed by atoms with Crippen molar-refractivity contribution < 1.29 is 9.53 Å². The summed E-state index contributed by atoms with van der Waals surface area (Å²) in [5, 5.41) is 0. The highest BCUT2D eigenvalue weighted by Crippen LogP contribution is 2.21. The molecule has 0 bridgehead atoms. The first-order valence-corrected chi connectivity index (χ1v) is 11.6. The van der Waals surface area contributed by atoms with Gasteiger partial charge in [-0.15, -0.1) is 6.58 Å². The summed E-state index contributed by atoms with van der Waals surface area (Å²) in [7, 11) is 1.80. The zero-order chi connectivity index (χ0) is 23.8. The summed E-state index contributed by atoms with van der Waals surface area (Å²) in [6.07, 6.45) is 7.80. The number of allylic oxidation sites excluding steroid dienone is 1. The summed E-state index contributed by atoms with van der Waals surface area (Å²) < 4.78 is 8.26. The third-order valence-electron chi connectivity index (χ3n) is 5.74. The van der Waals surface area contributed by atoms with Gasteiger partial charge in [-0.3, -0.25) is 9.78 Å². The number of pyridine rings is 1. The SMILES string of the molecule is C=CCc1ccccc1OCCCCn1c(CN(C)C(=O)c2cccnc2)nc2ccccc21. The predicted octanol–water partition coefficient (Wildman–Crippen LogP) is 5.29. The van der Waals surface area contributed by atoms with Gasteiger partial charge in [0.1, 0.15) is 11.6 Å². The van der Waals surface area contributed by atoms with Crippen LogP contribution in [0.1, 0.15) is 34.6 Å². The van der Waals surface area contributed by atoms with E-state index < -0.39 is 0 Å². The number of carbonyl (C=O) groups is 1. The van der Waals surface area contributed by atoms with Crippen LogP contribution in [0.25, 0.3) is 11.0 Å². The lowest BCUT2D eigenvalue weighted by molar-refractivity contribution is 0.0779. The summed E-state index contributed by atoms with van der Waals surface area (Å²) >= 11 is 0. The van der Waals surface area contributed by atoms with E-state index in [9.17, 15) is 4.79 Å². The topological polar surface area (TPSA) is 60.2 Å². The number of benzene rings is 2. The maximum absolute atomic E-state index is 12.8. The van der Waals surface area contributed by atoms with Gasteiger partial charge < -0.3 is 14.2 Å². The lowest BCUT2D eigenvalue weighted by Crippen LogP contribution is -2.28. The third-order valence-corrected chi connectivity index (χ3v) is 5.74. The van der Waals surface area contributed by atoms with Gasteiger partial charge in [-0.05, 0) is 55.2 Å². The van der Waals surface area contributed by atoms with Gasteiger partial charge >= 0.3 is 0 Å². The molecule has 4 aromatic rings. The molecule has 0 aliphatic rings. The number of para-hydroxylation sites is 3. The number of aryl methyl sites for hydroxylation is 1. The van der Waals surface area contributed by atoms with Crippen LogP contribution in [0, 0.1) is 0 Å². The van der Waals surface area contributed by atoms with Crippen LogP contribution in [0.4, 0.5) is 0 Å². The first-order valence-electron chi connectivity index (χ1n) is 11.6. The van der Waals surface area contributed by atoms with Gasteiger partial charge in [0, 0.05) is 26.0 Å². The second-order valence-electron chi connectivity index (χ2n) is 8.23. The predicted molar refractivity (Wildman–Crippen MR) is 135 cm³/mol. The molecule has 0 atom stereocenters. The fourth-order valence-corrected chi connectivity index (χ4v) is 4.01. The van der Waals surface area contributed by atoms with E-state index in [1.54, 1.807) is 36.5 Å². The highest BCUT2D eigenvalue weighted by molar-refractivity contribution is 5.93. The Bertz CT molecular complexity index is 1250. The van der Waals surface area contributed by atoms with Gasteiger partial charge in [-0.1, -0.05) is 36.4 Å². The molecule has 2 aromatic heterocycles. The number of hydrogen-bond acceptors (Lipinski definition) is 4. The van der Waals surface area contributed by atoms with Gasteiger partial charge in [-0.2, -0.15) is 0 Å². The average Bonchev–Trinajstić information content (AvgIpc) is 3.21. The number of ether oxygens (including phenoxy) is 1. The summed E-state index contributed by atoms with van der Waals surface area (Å²) in [5.41, 5.74) is 3.74. The Kier molecular flexibility index (Phi) is 7.71. The number of rotatable bonds is 11. The van der Waals surface area contributed by atoms with Gasteiger partial charge in [0.2, 0.25) is 0 Å². The summed E-state index contributed by atoms with van der Waals surface area (Å²) in [6.45, 7) is 5.71. The highest BCUT2D eigenvalue weighted by Gasteiger charge is 2.17. The largest absolute Gasteiger partial charge is 0.493 e. The Morgan fingerprint density at radius 3 is 2.74 bits per heavy atom. The Morgan fingerprint density at radius 1 is 1.09 bits per heavy atom. The number of nitrogens with zero attached hydrogens (tertiary/aromatic N) is 4. The Labute approximate surface area is 200 Å². The van der Waals surface area contributed by atoms with Crippen molar-refractivity contribution in [1.82, 2.24) is 19.4 Å². The molecule has 6 heteroatoms. The molecular formula is C28H30N4O2. The van der Waals surface area contributed by atoms with E-state index in [1.165, 1.54) is 0 Å². The van der Waals surface area contributed by atoms with Gasteiger partial charge in [0.05, 0.1) is 29.7 Å². The summed E-state index contributed by atoms with van der Waals surface area (Å²) in [5.74, 6) is 1.73. The molecule has 0 saturated carbocycles. The van der Waals surface area contributed by atoms with Crippen LogP contribution in [0.2, 0.25) is 0 Å². The molecule has 0 unspecified atom stereocenters. The van der Waals surface area contributed by atoms with Crippen LogP contribution in [0.15, 0.2) is 85.7 Å². The van der Waals surface area contributed by atoms with Crippen molar-refractivity contribution in [1.29, 1.82) is 0 Å². The Hall–Kier alpha value is -3.93. The zero-order valence-corrected chi connectivity index (χ0v) is 19.6. The normalized spacial score (nSPS) is 10.9. The van der Waals surface area contributed by atoms with Crippen molar-refractivity contribution in [2.24, 2.45) is 0 Å². The fraction of sp³-hybridized carbons (Fsp3) is 0.250. The standard InChI is InChI=1S/C28H30N4O2/c1-3-11-22-12-4-7-16-26(22)34-19-9-8-18-32-25-15-6-5-14-24(25)30-27(32)21-31(2)28(33)23-13-10-17-29-20-23/h3-7,10,12-17,20H,1,8-9,11,18-19,21H2,2H3. The minimum atomic E-state index is -0.0710. The molecule has 0 N–H and O–H groups in total. The van der Waals surface area contributed by atoms with E-state index in [1.807, 2.05) is 42.5 Å². The van der Waals surface area contributed by atoms with E-state index in [2.05, 4.69) is 28.3 Å². The van der Waals surface area contributed by atoms with Gasteiger partial charge in [0.25, 0.3) is 5.91 Å². The number of imidazole rings is 1. The molecule has 0 aliphatic heterocycles. The third kappa shape index (κ3) is 5.52. The number of unbranched alkanes of at least 4 members (excludes halogenated alkanes) is 1. The molecule has 174 valence electrons. The first-order chi connectivity index (χ1) is 16.7. The molecule has 4 rings (SSSR count). The lowest BCUT2D eigenvalue weighted by atomic mass is 10.1. The minimum Gasteiger partial charge on any atom is -0.493 e. The molecule has 6 nitrogen and oxygen atoms in total. The number of amides is 1. The molecule has 2 aromatic carbocycles. The minimum absolute atomic E-state index is 0.0710. The van der Waals surface area contributed by atoms with E-state index in [-0.39, 0.29) is 5.91 Å². The fourth-order valence-electron chi connectivity index (χ4n) is 4.01. The maximum Gasteiger partial charge on any atom is 0.255 e. The number of hydrogen-bond donors (Lipinski definition) is 0. The molecule has 0 saturated heterocycles. The van der Waals surface area contributed by atoms with Gasteiger partial charge in [-0.25, -0.2) is 4.98 Å². The summed E-state index contributed by atoms with van der Waals surface area (Å²) in [4.78, 5) is 23.4. The van der Waals surface area contributed by atoms with Crippen LogP contribution in [-0.4, -0.2) is 39.0 Å². The number of carbonyl (C=O) groups excluding carboxylic acids is 1. The molecule has 0 aliphatic carbocycles. The Balaban J connectivity index is 1.40. The molecule has 0 fully saturated rings. The summed E-state index contributed by atoms with van der Waals surface area (Å²) in [6, 6.07) is 19.8. The second kappa shape index (κ2) is 11.3.